The van der Waals surface area contributed by atoms with Gasteiger partial charge in [-0.3, -0.25) is 9.69 Å². The molecule has 1 spiro atoms. The largest absolute Gasteiger partial charge is 0.444 e. The third kappa shape index (κ3) is 7.63. The standard InChI is InChI=1S/C36H46Cl2N6O3/c1-24-7-9-28(32(17-24)44-21-31(39-40-44)27-11-15-43(25(2)18-27)34(46)47-35(3,4)5)33(45)42-14-6-12-36(23-42)13-16-41(22-36)20-26-8-10-29(37)30(38)19-26/h7-10,17,19,21,25,27H,6,11-16,18,20,22-23H2,1-5H3. The summed E-state index contributed by atoms with van der Waals surface area (Å²) in [6, 6.07) is 11.8. The lowest BCUT2D eigenvalue weighted by Crippen LogP contribution is -2.47. The van der Waals surface area contributed by atoms with Gasteiger partial charge in [0.1, 0.15) is 5.60 Å². The van der Waals surface area contributed by atoms with Crippen molar-refractivity contribution < 1.29 is 14.3 Å². The monoisotopic (exact) mass is 680 g/mol. The Kier molecular flexibility index (Phi) is 9.62. The minimum absolute atomic E-state index is 0.0202. The van der Waals surface area contributed by atoms with Crippen molar-refractivity contribution in [1.29, 1.82) is 0 Å². The molecular formula is C36H46Cl2N6O3. The number of likely N-dealkylation sites (tertiary alicyclic amines) is 3. The third-order valence-corrected chi connectivity index (χ3v) is 10.7. The van der Waals surface area contributed by atoms with Crippen molar-refractivity contribution in [2.45, 2.75) is 90.8 Å². The van der Waals surface area contributed by atoms with Gasteiger partial charge in [0, 0.05) is 50.1 Å². The summed E-state index contributed by atoms with van der Waals surface area (Å²) >= 11 is 12.4. The fourth-order valence-corrected chi connectivity index (χ4v) is 7.89. The van der Waals surface area contributed by atoms with Crippen LogP contribution in [0.15, 0.2) is 42.6 Å². The highest BCUT2D eigenvalue weighted by molar-refractivity contribution is 6.42. The van der Waals surface area contributed by atoms with Crippen LogP contribution in [-0.2, 0) is 11.3 Å². The Bertz CT molecular complexity index is 1640. The highest BCUT2D eigenvalue weighted by Gasteiger charge is 2.43. The van der Waals surface area contributed by atoms with Crippen LogP contribution >= 0.6 is 23.2 Å². The molecule has 0 aliphatic carbocycles. The number of aromatic nitrogens is 3. The van der Waals surface area contributed by atoms with Gasteiger partial charge < -0.3 is 14.5 Å². The molecule has 0 N–H and O–H groups in total. The maximum atomic E-state index is 14.2. The summed E-state index contributed by atoms with van der Waals surface area (Å²) < 4.78 is 7.38. The van der Waals surface area contributed by atoms with Crippen molar-refractivity contribution in [3.63, 3.8) is 0 Å². The number of piperidine rings is 2. The number of amides is 2. The molecule has 3 saturated heterocycles. The second-order valence-electron chi connectivity index (χ2n) is 14.9. The first-order valence-corrected chi connectivity index (χ1v) is 17.5. The van der Waals surface area contributed by atoms with E-state index in [0.29, 0.717) is 22.2 Å². The van der Waals surface area contributed by atoms with Gasteiger partial charge in [-0.2, -0.15) is 0 Å². The van der Waals surface area contributed by atoms with Crippen LogP contribution in [0.25, 0.3) is 5.69 Å². The molecule has 3 aliphatic rings. The Hall–Kier alpha value is -3.14. The van der Waals surface area contributed by atoms with Gasteiger partial charge in [-0.1, -0.05) is 40.5 Å². The zero-order chi connectivity index (χ0) is 33.5. The van der Waals surface area contributed by atoms with Crippen molar-refractivity contribution >= 4 is 35.2 Å². The van der Waals surface area contributed by atoms with Crippen LogP contribution in [0.3, 0.4) is 0 Å². The van der Waals surface area contributed by atoms with E-state index in [-0.39, 0.29) is 29.4 Å². The summed E-state index contributed by atoms with van der Waals surface area (Å²) in [6.45, 7) is 14.6. The first-order valence-electron chi connectivity index (χ1n) is 16.8. The lowest BCUT2D eigenvalue weighted by molar-refractivity contribution is 0.0102. The molecule has 1 aromatic heterocycles. The Morgan fingerprint density at radius 1 is 1.02 bits per heavy atom. The van der Waals surface area contributed by atoms with Crippen LogP contribution in [0.2, 0.25) is 10.0 Å². The zero-order valence-electron chi connectivity index (χ0n) is 28.1. The molecule has 9 nitrogen and oxygen atoms in total. The number of aryl methyl sites for hydroxylation is 1. The molecule has 252 valence electrons. The summed E-state index contributed by atoms with van der Waals surface area (Å²) in [5.74, 6) is 0.205. The number of rotatable bonds is 5. The summed E-state index contributed by atoms with van der Waals surface area (Å²) in [5, 5.41) is 10.2. The number of hydrogen-bond acceptors (Lipinski definition) is 6. The van der Waals surface area contributed by atoms with E-state index in [1.807, 2.05) is 80.1 Å². The van der Waals surface area contributed by atoms with E-state index < -0.39 is 5.60 Å². The third-order valence-electron chi connectivity index (χ3n) is 9.92. The van der Waals surface area contributed by atoms with E-state index in [9.17, 15) is 9.59 Å². The molecule has 6 rings (SSSR count). The SMILES string of the molecule is Cc1ccc(C(=O)N2CCCC3(CCN(Cc4ccc(Cl)c(Cl)c4)C3)C2)c(-n2cc(C3CCN(C(=O)OC(C)(C)C)C(C)C3)nn2)c1. The van der Waals surface area contributed by atoms with Crippen LogP contribution < -0.4 is 0 Å². The average Bonchev–Trinajstić information content (AvgIpc) is 3.65. The van der Waals surface area contributed by atoms with Crippen molar-refractivity contribution in [2.24, 2.45) is 5.41 Å². The molecular weight excluding hydrogens is 635 g/mol. The summed E-state index contributed by atoms with van der Waals surface area (Å²) in [4.78, 5) is 33.3. The molecule has 0 radical (unpaired) electrons. The predicted molar refractivity (Wildman–Crippen MR) is 184 cm³/mol. The Balaban J connectivity index is 1.14. The van der Waals surface area contributed by atoms with Crippen LogP contribution in [0.4, 0.5) is 4.79 Å². The van der Waals surface area contributed by atoms with Gasteiger partial charge in [-0.05, 0) is 109 Å². The van der Waals surface area contributed by atoms with Crippen LogP contribution in [-0.4, -0.2) is 86.1 Å². The quantitative estimate of drug-likeness (QED) is 0.277. The van der Waals surface area contributed by atoms with Crippen molar-refractivity contribution in [3.8, 4) is 5.69 Å². The van der Waals surface area contributed by atoms with Gasteiger partial charge in [-0.15, -0.1) is 5.10 Å². The lowest BCUT2D eigenvalue weighted by Gasteiger charge is -2.40. The zero-order valence-corrected chi connectivity index (χ0v) is 29.7. The van der Waals surface area contributed by atoms with E-state index in [1.54, 1.807) is 4.68 Å². The maximum absolute atomic E-state index is 14.2. The molecule has 0 saturated carbocycles. The molecule has 0 bridgehead atoms. The molecule has 3 atom stereocenters. The average molecular weight is 682 g/mol. The summed E-state index contributed by atoms with van der Waals surface area (Å²) in [7, 11) is 0. The van der Waals surface area contributed by atoms with Gasteiger partial charge >= 0.3 is 6.09 Å². The molecule has 3 aliphatic heterocycles. The topological polar surface area (TPSA) is 83.8 Å². The highest BCUT2D eigenvalue weighted by atomic mass is 35.5. The number of hydrogen-bond donors (Lipinski definition) is 0. The van der Waals surface area contributed by atoms with E-state index in [2.05, 4.69) is 22.1 Å². The number of carbonyl (C=O) groups excluding carboxylic acids is 2. The van der Waals surface area contributed by atoms with Gasteiger partial charge in [0.15, 0.2) is 0 Å². The summed E-state index contributed by atoms with van der Waals surface area (Å²) in [6.07, 6.45) is 6.41. The van der Waals surface area contributed by atoms with Crippen molar-refractivity contribution in [1.82, 2.24) is 29.7 Å². The molecule has 2 amide bonds. The predicted octanol–water partition coefficient (Wildman–Crippen LogP) is 7.51. The number of benzene rings is 2. The van der Waals surface area contributed by atoms with Gasteiger partial charge in [0.05, 0.1) is 33.2 Å². The molecule has 3 fully saturated rings. The number of nitrogens with zero attached hydrogens (tertiary/aromatic N) is 6. The molecule has 11 heteroatoms. The van der Waals surface area contributed by atoms with E-state index in [0.717, 1.165) is 87.3 Å². The van der Waals surface area contributed by atoms with E-state index in [4.69, 9.17) is 27.9 Å². The second-order valence-corrected chi connectivity index (χ2v) is 15.7. The molecule has 3 aromatic rings. The van der Waals surface area contributed by atoms with E-state index >= 15 is 0 Å². The van der Waals surface area contributed by atoms with Crippen molar-refractivity contribution in [3.05, 3.63) is 75.0 Å². The fraction of sp³-hybridized carbons (Fsp3) is 0.556. The Labute approximate surface area is 288 Å². The molecule has 3 unspecified atom stereocenters. The molecule has 2 aromatic carbocycles. The normalized spacial score (nSPS) is 23.8. The molecule has 4 heterocycles. The lowest BCUT2D eigenvalue weighted by atomic mass is 9.79. The van der Waals surface area contributed by atoms with Gasteiger partial charge in [0.25, 0.3) is 5.91 Å². The summed E-state index contributed by atoms with van der Waals surface area (Å²) in [5.41, 5.74) is 4.03. The van der Waals surface area contributed by atoms with Crippen LogP contribution in [0.5, 0.6) is 0 Å². The maximum Gasteiger partial charge on any atom is 0.410 e. The number of halogens is 2. The minimum Gasteiger partial charge on any atom is -0.444 e. The van der Waals surface area contributed by atoms with Gasteiger partial charge in [0.2, 0.25) is 0 Å². The minimum atomic E-state index is -0.529. The first kappa shape index (κ1) is 33.7. The first-order chi connectivity index (χ1) is 22.3. The second kappa shape index (κ2) is 13.4. The van der Waals surface area contributed by atoms with Gasteiger partial charge in [-0.25, -0.2) is 9.48 Å². The van der Waals surface area contributed by atoms with E-state index in [1.165, 1.54) is 0 Å². The number of ether oxygens (including phenoxy) is 1. The highest BCUT2D eigenvalue weighted by Crippen LogP contribution is 2.40. The van der Waals surface area contributed by atoms with Crippen LogP contribution in [0, 0.1) is 12.3 Å². The molecule has 47 heavy (non-hydrogen) atoms. The van der Waals surface area contributed by atoms with Crippen LogP contribution in [0.1, 0.15) is 92.9 Å². The smallest absolute Gasteiger partial charge is 0.410 e. The Morgan fingerprint density at radius 2 is 1.83 bits per heavy atom. The van der Waals surface area contributed by atoms with Crippen molar-refractivity contribution in [2.75, 3.05) is 32.7 Å². The fourth-order valence-electron chi connectivity index (χ4n) is 7.57. The Morgan fingerprint density at radius 3 is 2.57 bits per heavy atom. The number of carbonyl (C=O) groups is 2.